The lowest BCUT2D eigenvalue weighted by Gasteiger charge is -2.18. The van der Waals surface area contributed by atoms with Gasteiger partial charge in [0.2, 0.25) is 0 Å². The van der Waals surface area contributed by atoms with Gasteiger partial charge in [-0.1, -0.05) is 34.1 Å². The van der Waals surface area contributed by atoms with E-state index in [4.69, 9.17) is 0 Å². The van der Waals surface area contributed by atoms with Gasteiger partial charge in [0.05, 0.1) is 6.04 Å². The molecule has 0 aromatic heterocycles. The third kappa shape index (κ3) is 2.76. The number of benzene rings is 2. The highest BCUT2D eigenvalue weighted by Gasteiger charge is 2.16. The van der Waals surface area contributed by atoms with Crippen molar-refractivity contribution in [2.24, 2.45) is 0 Å². The minimum atomic E-state index is -0.377. The van der Waals surface area contributed by atoms with Crippen LogP contribution in [0.25, 0.3) is 0 Å². The molecule has 0 aliphatic heterocycles. The van der Waals surface area contributed by atoms with E-state index < -0.39 is 0 Å². The summed E-state index contributed by atoms with van der Waals surface area (Å²) >= 11 is 3.24. The molecule has 4 heteroatoms. The van der Waals surface area contributed by atoms with Crippen molar-refractivity contribution in [1.29, 1.82) is 0 Å². The fourth-order valence-corrected chi connectivity index (χ4v) is 2.44. The summed E-state index contributed by atoms with van der Waals surface area (Å²) in [5.41, 5.74) is 1.17. The van der Waals surface area contributed by atoms with Crippen molar-refractivity contribution in [2.75, 3.05) is 7.05 Å². The Hall–Kier alpha value is -1.26. The molecule has 18 heavy (non-hydrogen) atoms. The number of hydrogen-bond donors (Lipinski definition) is 1. The van der Waals surface area contributed by atoms with Crippen molar-refractivity contribution in [1.82, 2.24) is 5.32 Å². The van der Waals surface area contributed by atoms with Gasteiger partial charge >= 0.3 is 0 Å². The van der Waals surface area contributed by atoms with Crippen molar-refractivity contribution in [3.63, 3.8) is 0 Å². The highest BCUT2D eigenvalue weighted by molar-refractivity contribution is 9.10. The first-order chi connectivity index (χ1) is 8.61. The van der Waals surface area contributed by atoms with Crippen molar-refractivity contribution in [3.05, 3.63) is 69.7 Å². The SMILES string of the molecule is CNC(c1cc(F)cc(Br)c1)c1ccccc1F. The summed E-state index contributed by atoms with van der Waals surface area (Å²) < 4.78 is 27.8. The van der Waals surface area contributed by atoms with Crippen LogP contribution in [0.5, 0.6) is 0 Å². The van der Waals surface area contributed by atoms with Crippen LogP contribution in [0.1, 0.15) is 17.2 Å². The summed E-state index contributed by atoms with van der Waals surface area (Å²) in [5.74, 6) is -0.659. The standard InChI is InChI=1S/C14H12BrF2N/c1-18-14(12-4-2-3-5-13(12)17)9-6-10(15)8-11(16)7-9/h2-8,14,18H,1H3. The van der Waals surface area contributed by atoms with Crippen molar-refractivity contribution < 1.29 is 8.78 Å². The van der Waals surface area contributed by atoms with Crippen LogP contribution in [0.2, 0.25) is 0 Å². The molecule has 0 radical (unpaired) electrons. The molecule has 2 rings (SSSR count). The van der Waals surface area contributed by atoms with E-state index in [9.17, 15) is 8.78 Å². The van der Waals surface area contributed by atoms with Gasteiger partial charge in [-0.15, -0.1) is 0 Å². The Balaban J connectivity index is 2.48. The van der Waals surface area contributed by atoms with Gasteiger partial charge < -0.3 is 5.32 Å². The quantitative estimate of drug-likeness (QED) is 0.902. The van der Waals surface area contributed by atoms with E-state index in [1.165, 1.54) is 18.2 Å². The van der Waals surface area contributed by atoms with Crippen molar-refractivity contribution in [3.8, 4) is 0 Å². The van der Waals surface area contributed by atoms with Gasteiger partial charge in [-0.05, 0) is 36.9 Å². The molecule has 0 amide bonds. The fraction of sp³-hybridized carbons (Fsp3) is 0.143. The summed E-state index contributed by atoms with van der Waals surface area (Å²) in [6.07, 6.45) is 0. The lowest BCUT2D eigenvalue weighted by atomic mass is 9.98. The van der Waals surface area contributed by atoms with Crippen LogP contribution in [0.3, 0.4) is 0 Å². The number of nitrogens with one attached hydrogen (secondary N) is 1. The van der Waals surface area contributed by atoms with Crippen molar-refractivity contribution >= 4 is 15.9 Å². The molecule has 0 saturated heterocycles. The molecule has 2 aromatic rings. The first-order valence-corrected chi connectivity index (χ1v) is 6.29. The van der Waals surface area contributed by atoms with E-state index >= 15 is 0 Å². The largest absolute Gasteiger partial charge is 0.309 e. The van der Waals surface area contributed by atoms with Crippen LogP contribution in [0.4, 0.5) is 8.78 Å². The first kappa shape index (κ1) is 13.2. The van der Waals surface area contributed by atoms with Crippen LogP contribution in [0.15, 0.2) is 46.9 Å². The first-order valence-electron chi connectivity index (χ1n) is 5.49. The lowest BCUT2D eigenvalue weighted by Crippen LogP contribution is -2.19. The smallest absolute Gasteiger partial charge is 0.128 e. The predicted molar refractivity (Wildman–Crippen MR) is 71.4 cm³/mol. The molecule has 0 heterocycles. The van der Waals surface area contributed by atoms with Crippen LogP contribution < -0.4 is 5.32 Å². The molecule has 0 saturated carbocycles. The molecule has 0 spiro atoms. The van der Waals surface area contributed by atoms with Crippen LogP contribution >= 0.6 is 15.9 Å². The Morgan fingerprint density at radius 3 is 2.44 bits per heavy atom. The highest BCUT2D eigenvalue weighted by Crippen LogP contribution is 2.27. The topological polar surface area (TPSA) is 12.0 Å². The number of hydrogen-bond acceptors (Lipinski definition) is 1. The summed E-state index contributed by atoms with van der Waals surface area (Å²) in [5, 5.41) is 3.00. The summed E-state index contributed by atoms with van der Waals surface area (Å²) in [7, 11) is 1.72. The van der Waals surface area contributed by atoms with Gasteiger partial charge in [-0.2, -0.15) is 0 Å². The van der Waals surface area contributed by atoms with E-state index in [1.54, 1.807) is 31.3 Å². The third-order valence-corrected chi connectivity index (χ3v) is 3.18. The maximum absolute atomic E-state index is 13.8. The minimum absolute atomic E-state index is 0.308. The molecule has 0 aliphatic rings. The predicted octanol–water partition coefficient (Wildman–Crippen LogP) is 4.04. The van der Waals surface area contributed by atoms with Gasteiger partial charge in [0.1, 0.15) is 11.6 Å². The van der Waals surface area contributed by atoms with Crippen LogP contribution in [0, 0.1) is 11.6 Å². The Kier molecular flexibility index (Phi) is 4.09. The average molecular weight is 312 g/mol. The van der Waals surface area contributed by atoms with E-state index in [-0.39, 0.29) is 17.7 Å². The molecular formula is C14H12BrF2N. The van der Waals surface area contributed by atoms with Gasteiger partial charge in [0, 0.05) is 10.0 Å². The molecule has 1 N–H and O–H groups in total. The molecule has 1 unspecified atom stereocenters. The van der Waals surface area contributed by atoms with E-state index in [0.29, 0.717) is 15.6 Å². The van der Waals surface area contributed by atoms with E-state index in [1.807, 2.05) is 0 Å². The second-order valence-electron chi connectivity index (χ2n) is 3.95. The molecular weight excluding hydrogens is 300 g/mol. The van der Waals surface area contributed by atoms with E-state index in [2.05, 4.69) is 21.2 Å². The highest BCUT2D eigenvalue weighted by atomic mass is 79.9. The minimum Gasteiger partial charge on any atom is -0.309 e. The van der Waals surface area contributed by atoms with Gasteiger partial charge in [0.15, 0.2) is 0 Å². The summed E-state index contributed by atoms with van der Waals surface area (Å²) in [6.45, 7) is 0. The molecule has 94 valence electrons. The summed E-state index contributed by atoms with van der Waals surface area (Å²) in [4.78, 5) is 0. The van der Waals surface area contributed by atoms with Gasteiger partial charge in [-0.25, -0.2) is 8.78 Å². The van der Waals surface area contributed by atoms with Crippen LogP contribution in [-0.4, -0.2) is 7.05 Å². The zero-order valence-corrected chi connectivity index (χ0v) is 11.3. The maximum Gasteiger partial charge on any atom is 0.128 e. The molecule has 0 bridgehead atoms. The Bertz CT molecular complexity index is 537. The number of rotatable bonds is 3. The zero-order valence-electron chi connectivity index (χ0n) is 9.75. The number of halogens is 3. The maximum atomic E-state index is 13.8. The fourth-order valence-electron chi connectivity index (χ4n) is 1.95. The van der Waals surface area contributed by atoms with E-state index in [0.717, 1.165) is 0 Å². The molecule has 1 atom stereocenters. The molecule has 0 aliphatic carbocycles. The summed E-state index contributed by atoms with van der Waals surface area (Å²) in [6, 6.07) is 10.7. The zero-order chi connectivity index (χ0) is 13.1. The second-order valence-corrected chi connectivity index (χ2v) is 4.86. The Labute approximate surface area is 113 Å². The Morgan fingerprint density at radius 2 is 1.83 bits per heavy atom. The third-order valence-electron chi connectivity index (χ3n) is 2.72. The molecule has 0 fully saturated rings. The van der Waals surface area contributed by atoms with Gasteiger partial charge in [0.25, 0.3) is 0 Å². The second kappa shape index (κ2) is 5.59. The monoisotopic (exact) mass is 311 g/mol. The van der Waals surface area contributed by atoms with Gasteiger partial charge in [-0.3, -0.25) is 0 Å². The molecule has 2 aromatic carbocycles. The van der Waals surface area contributed by atoms with Crippen molar-refractivity contribution in [2.45, 2.75) is 6.04 Å². The average Bonchev–Trinajstić information content (AvgIpc) is 2.31. The van der Waals surface area contributed by atoms with Crippen LogP contribution in [-0.2, 0) is 0 Å². The lowest BCUT2D eigenvalue weighted by molar-refractivity contribution is 0.571. The Morgan fingerprint density at radius 1 is 1.11 bits per heavy atom. The normalized spacial score (nSPS) is 12.4. The molecule has 1 nitrogen and oxygen atoms in total.